The minimum absolute atomic E-state index is 0.126. The van der Waals surface area contributed by atoms with Crippen LogP contribution in [0.1, 0.15) is 19.8 Å². The second-order valence-corrected chi connectivity index (χ2v) is 2.84. The number of carbonyl (C=O) groups is 1. The van der Waals surface area contributed by atoms with Crippen LogP contribution >= 0.6 is 11.8 Å². The van der Waals surface area contributed by atoms with Crippen LogP contribution in [0.3, 0.4) is 0 Å². The van der Waals surface area contributed by atoms with Crippen LogP contribution in [0.2, 0.25) is 0 Å². The van der Waals surface area contributed by atoms with E-state index in [9.17, 15) is 4.79 Å². The zero-order valence-corrected chi connectivity index (χ0v) is 6.14. The van der Waals surface area contributed by atoms with Crippen LogP contribution in [-0.2, 0) is 4.79 Å². The summed E-state index contributed by atoms with van der Waals surface area (Å²) in [7, 11) is 0. The molecule has 0 spiro atoms. The quantitative estimate of drug-likeness (QED) is 0.442. The molecule has 3 heteroatoms. The fourth-order valence-corrected chi connectivity index (χ4v) is 0.953. The van der Waals surface area contributed by atoms with Crippen molar-refractivity contribution in [2.45, 2.75) is 31.8 Å². The van der Waals surface area contributed by atoms with Crippen LogP contribution in [0.4, 0.5) is 0 Å². The molecule has 0 aromatic carbocycles. The fourth-order valence-electron chi connectivity index (χ4n) is 0.712. The van der Waals surface area contributed by atoms with Gasteiger partial charge in [-0.3, -0.25) is 0 Å². The van der Waals surface area contributed by atoms with Crippen LogP contribution in [-0.4, -0.2) is 22.8 Å². The third-order valence-corrected chi connectivity index (χ3v) is 2.07. The molecule has 1 rings (SSSR count). The summed E-state index contributed by atoms with van der Waals surface area (Å²) in [6.07, 6.45) is 3.15. The van der Waals surface area contributed by atoms with E-state index >= 15 is 0 Å². The maximum atomic E-state index is 10.2. The highest BCUT2D eigenvalue weighted by Crippen LogP contribution is 2.29. The molecular formula is C6H10ClNO. The highest BCUT2D eigenvalue weighted by atomic mass is 35.5. The van der Waals surface area contributed by atoms with E-state index in [0.29, 0.717) is 6.04 Å². The van der Waals surface area contributed by atoms with Crippen LogP contribution in [0.25, 0.3) is 0 Å². The maximum absolute atomic E-state index is 10.2. The molecule has 9 heavy (non-hydrogen) atoms. The first kappa shape index (κ1) is 7.03. The summed E-state index contributed by atoms with van der Waals surface area (Å²) >= 11 is 5.73. The van der Waals surface area contributed by atoms with Crippen molar-refractivity contribution < 1.29 is 4.79 Å². The number of halogens is 1. The lowest BCUT2D eigenvalue weighted by atomic mass is 10.4. The van der Waals surface area contributed by atoms with Gasteiger partial charge >= 0.3 is 0 Å². The van der Waals surface area contributed by atoms with E-state index in [1.807, 2.05) is 0 Å². The first-order valence-corrected chi connectivity index (χ1v) is 3.49. The molecule has 1 saturated carbocycles. The van der Waals surface area contributed by atoms with Gasteiger partial charge < -0.3 is 4.79 Å². The van der Waals surface area contributed by atoms with E-state index in [4.69, 9.17) is 11.8 Å². The fraction of sp³-hybridized carbons (Fsp3) is 0.833. The molecule has 1 atom stereocenters. The van der Waals surface area contributed by atoms with Crippen molar-refractivity contribution >= 4 is 18.1 Å². The zero-order valence-electron chi connectivity index (χ0n) is 5.38. The Kier molecular flexibility index (Phi) is 2.09. The Hall–Kier alpha value is -0.0800. The minimum Gasteiger partial charge on any atom is -0.302 e. The van der Waals surface area contributed by atoms with Crippen molar-refractivity contribution in [2.24, 2.45) is 0 Å². The molecule has 52 valence electrons. The number of hydrogen-bond acceptors (Lipinski definition) is 2. The predicted octanol–water partition coefficient (Wildman–Crippen LogP) is 1.19. The average Bonchev–Trinajstić information content (AvgIpc) is 2.66. The Morgan fingerprint density at radius 3 is 2.67 bits per heavy atom. The summed E-state index contributed by atoms with van der Waals surface area (Å²) in [4.78, 5) is 10.2. The van der Waals surface area contributed by atoms with Gasteiger partial charge in [-0.25, -0.2) is 4.42 Å². The van der Waals surface area contributed by atoms with Gasteiger partial charge in [0, 0.05) is 6.04 Å². The van der Waals surface area contributed by atoms with Crippen molar-refractivity contribution in [3.63, 3.8) is 0 Å². The lowest BCUT2D eigenvalue weighted by Crippen LogP contribution is -2.26. The van der Waals surface area contributed by atoms with Crippen molar-refractivity contribution in [1.82, 2.24) is 4.42 Å². The summed E-state index contributed by atoms with van der Waals surface area (Å²) in [5.41, 5.74) is 0. The molecule has 2 nitrogen and oxygen atoms in total. The van der Waals surface area contributed by atoms with Gasteiger partial charge in [0.25, 0.3) is 0 Å². The molecule has 0 bridgehead atoms. The van der Waals surface area contributed by atoms with Crippen LogP contribution in [0, 0.1) is 0 Å². The van der Waals surface area contributed by atoms with Crippen LogP contribution in [0.5, 0.6) is 0 Å². The monoisotopic (exact) mass is 147 g/mol. The summed E-state index contributed by atoms with van der Waals surface area (Å²) in [5.74, 6) is 0. The Bertz CT molecular complexity index is 114. The zero-order chi connectivity index (χ0) is 6.85. The first-order chi connectivity index (χ1) is 4.25. The Morgan fingerprint density at radius 1 is 1.78 bits per heavy atom. The molecule has 1 aliphatic carbocycles. The van der Waals surface area contributed by atoms with Gasteiger partial charge in [0.15, 0.2) is 0 Å². The molecule has 0 aromatic rings. The van der Waals surface area contributed by atoms with Crippen molar-refractivity contribution in [2.75, 3.05) is 0 Å². The van der Waals surface area contributed by atoms with Gasteiger partial charge in [-0.05, 0) is 31.5 Å². The SMILES string of the molecule is C[C@@H](C=O)N(Cl)C1CC1. The first-order valence-electron chi connectivity index (χ1n) is 3.15. The number of aldehydes is 1. The van der Waals surface area contributed by atoms with E-state index in [2.05, 4.69) is 0 Å². The Morgan fingerprint density at radius 2 is 2.33 bits per heavy atom. The number of rotatable bonds is 3. The van der Waals surface area contributed by atoms with Gasteiger partial charge in [-0.1, -0.05) is 0 Å². The summed E-state index contributed by atoms with van der Waals surface area (Å²) in [6.45, 7) is 1.80. The summed E-state index contributed by atoms with van der Waals surface area (Å²) in [5, 5.41) is 0. The Balaban J connectivity index is 2.30. The molecule has 0 unspecified atom stereocenters. The molecular weight excluding hydrogens is 138 g/mol. The van der Waals surface area contributed by atoms with E-state index in [1.54, 1.807) is 11.3 Å². The highest BCUT2D eigenvalue weighted by Gasteiger charge is 2.30. The molecule has 0 saturated heterocycles. The second kappa shape index (κ2) is 2.67. The highest BCUT2D eigenvalue weighted by molar-refractivity contribution is 6.14. The summed E-state index contributed by atoms with van der Waals surface area (Å²) < 4.78 is 1.60. The van der Waals surface area contributed by atoms with E-state index < -0.39 is 0 Å². The normalized spacial score (nSPS) is 22.1. The number of nitrogens with zero attached hydrogens (tertiary/aromatic N) is 1. The van der Waals surface area contributed by atoms with Gasteiger partial charge in [0.05, 0.1) is 6.04 Å². The van der Waals surface area contributed by atoms with Crippen LogP contribution < -0.4 is 0 Å². The maximum Gasteiger partial charge on any atom is 0.138 e. The van der Waals surface area contributed by atoms with Gasteiger partial charge in [-0.15, -0.1) is 0 Å². The Labute approximate surface area is 59.9 Å². The lowest BCUT2D eigenvalue weighted by molar-refractivity contribution is -0.110. The van der Waals surface area contributed by atoms with Crippen molar-refractivity contribution in [3.05, 3.63) is 0 Å². The van der Waals surface area contributed by atoms with Gasteiger partial charge in [-0.2, -0.15) is 0 Å². The van der Waals surface area contributed by atoms with Crippen molar-refractivity contribution in [3.8, 4) is 0 Å². The van der Waals surface area contributed by atoms with Gasteiger partial charge in [0.2, 0.25) is 0 Å². The predicted molar refractivity (Wildman–Crippen MR) is 36.2 cm³/mol. The molecule has 0 heterocycles. The third-order valence-electron chi connectivity index (χ3n) is 1.48. The van der Waals surface area contributed by atoms with Gasteiger partial charge in [0.1, 0.15) is 6.29 Å². The van der Waals surface area contributed by atoms with E-state index in [0.717, 1.165) is 19.1 Å². The molecule has 0 radical (unpaired) electrons. The van der Waals surface area contributed by atoms with E-state index in [-0.39, 0.29) is 6.04 Å². The third kappa shape index (κ3) is 1.66. The molecule has 0 aromatic heterocycles. The largest absolute Gasteiger partial charge is 0.302 e. The number of carbonyl (C=O) groups excluding carboxylic acids is 1. The molecule has 1 fully saturated rings. The van der Waals surface area contributed by atoms with E-state index in [1.165, 1.54) is 0 Å². The lowest BCUT2D eigenvalue weighted by Gasteiger charge is -2.14. The number of hydrogen-bond donors (Lipinski definition) is 0. The minimum atomic E-state index is -0.126. The topological polar surface area (TPSA) is 20.3 Å². The standard InChI is InChI=1S/C6H10ClNO/c1-5(4-9)8(7)6-2-3-6/h4-6H,2-3H2,1H3/t5-/m0/s1. The second-order valence-electron chi connectivity index (χ2n) is 2.45. The smallest absolute Gasteiger partial charge is 0.138 e. The average molecular weight is 148 g/mol. The molecule has 0 N–H and O–H groups in total. The molecule has 0 aliphatic heterocycles. The van der Waals surface area contributed by atoms with Crippen molar-refractivity contribution in [1.29, 1.82) is 0 Å². The molecule has 0 amide bonds. The van der Waals surface area contributed by atoms with Crippen LogP contribution in [0.15, 0.2) is 0 Å². The molecule has 1 aliphatic rings. The summed E-state index contributed by atoms with van der Waals surface area (Å²) in [6, 6.07) is 0.339.